The fourth-order valence-electron chi connectivity index (χ4n) is 1.86. The first-order chi connectivity index (χ1) is 9.58. The lowest BCUT2D eigenvalue weighted by Crippen LogP contribution is -2.19. The van der Waals surface area contributed by atoms with E-state index in [0.717, 1.165) is 15.8 Å². The second kappa shape index (κ2) is 9.26. The van der Waals surface area contributed by atoms with Gasteiger partial charge in [-0.15, -0.1) is 0 Å². The van der Waals surface area contributed by atoms with E-state index in [2.05, 4.69) is 21.2 Å². The zero-order valence-corrected chi connectivity index (χ0v) is 13.3. The minimum absolute atomic E-state index is 0.0552. The second-order valence-electron chi connectivity index (χ2n) is 4.22. The number of ether oxygens (including phenoxy) is 2. The molecule has 6 heteroatoms. The maximum absolute atomic E-state index is 12.0. The molecule has 3 nitrogen and oxygen atoms in total. The second-order valence-corrected chi connectivity index (χ2v) is 5.07. The number of hydrogen-bond acceptors (Lipinski definition) is 3. The molecule has 0 aliphatic heterocycles. The van der Waals surface area contributed by atoms with E-state index in [4.69, 9.17) is 9.47 Å². The molecule has 1 rings (SSSR count). The molecule has 1 N–H and O–H groups in total. The topological polar surface area (TPSA) is 30.5 Å². The van der Waals surface area contributed by atoms with Crippen molar-refractivity contribution in [2.24, 2.45) is 0 Å². The highest BCUT2D eigenvalue weighted by atomic mass is 79.9. The van der Waals surface area contributed by atoms with Crippen molar-refractivity contribution in [2.45, 2.75) is 25.8 Å². The van der Waals surface area contributed by atoms with Gasteiger partial charge in [0.1, 0.15) is 12.4 Å². The van der Waals surface area contributed by atoms with Crippen LogP contribution in [0.5, 0.6) is 5.75 Å². The van der Waals surface area contributed by atoms with Gasteiger partial charge in [-0.2, -0.15) is 0 Å². The summed E-state index contributed by atoms with van der Waals surface area (Å²) in [6.07, 6.45) is -1.79. The lowest BCUT2D eigenvalue weighted by molar-refractivity contribution is 0.0145. The van der Waals surface area contributed by atoms with Crippen molar-refractivity contribution >= 4 is 15.9 Å². The fraction of sp³-hybridized carbons (Fsp3) is 0.571. The van der Waals surface area contributed by atoms with Crippen molar-refractivity contribution in [1.82, 2.24) is 5.32 Å². The summed E-state index contributed by atoms with van der Waals surface area (Å²) >= 11 is 3.46. The molecule has 0 radical (unpaired) electrons. The maximum Gasteiger partial charge on any atom is 0.261 e. The molecular weight excluding hydrogens is 332 g/mol. The van der Waals surface area contributed by atoms with E-state index in [-0.39, 0.29) is 6.04 Å². The minimum Gasteiger partial charge on any atom is -0.493 e. The monoisotopic (exact) mass is 351 g/mol. The van der Waals surface area contributed by atoms with Gasteiger partial charge in [0, 0.05) is 12.6 Å². The summed E-state index contributed by atoms with van der Waals surface area (Å²) in [6, 6.07) is 5.89. The van der Waals surface area contributed by atoms with Gasteiger partial charge in [-0.1, -0.05) is 6.07 Å². The Bertz CT molecular complexity index is 405. The quantitative estimate of drug-likeness (QED) is 0.686. The van der Waals surface area contributed by atoms with E-state index in [9.17, 15) is 8.78 Å². The summed E-state index contributed by atoms with van der Waals surface area (Å²) < 4.78 is 35.2. The van der Waals surface area contributed by atoms with Crippen molar-refractivity contribution in [2.75, 3.05) is 26.9 Å². The lowest BCUT2D eigenvalue weighted by atomic mass is 10.0. The summed E-state index contributed by atoms with van der Waals surface area (Å²) in [6.45, 7) is 2.32. The average molecular weight is 352 g/mol. The Morgan fingerprint density at radius 1 is 1.35 bits per heavy atom. The van der Waals surface area contributed by atoms with Gasteiger partial charge in [-0.05, 0) is 54.0 Å². The van der Waals surface area contributed by atoms with Crippen molar-refractivity contribution in [3.63, 3.8) is 0 Å². The number of halogens is 3. The molecule has 114 valence electrons. The van der Waals surface area contributed by atoms with Crippen LogP contribution in [0.15, 0.2) is 22.7 Å². The van der Waals surface area contributed by atoms with Crippen LogP contribution < -0.4 is 10.1 Å². The highest BCUT2D eigenvalue weighted by Crippen LogP contribution is 2.29. The molecule has 0 spiro atoms. The van der Waals surface area contributed by atoms with E-state index in [1.165, 1.54) is 0 Å². The smallest absolute Gasteiger partial charge is 0.261 e. The molecule has 1 aromatic rings. The molecule has 0 saturated heterocycles. The third-order valence-corrected chi connectivity index (χ3v) is 3.42. The molecule has 0 amide bonds. The zero-order chi connectivity index (χ0) is 15.0. The highest BCUT2D eigenvalue weighted by Gasteiger charge is 2.12. The molecule has 0 saturated carbocycles. The number of nitrogens with one attached hydrogen (secondary N) is 1. The Balaban J connectivity index is 2.58. The Hall–Kier alpha value is -0.720. The number of rotatable bonds is 9. The maximum atomic E-state index is 12.0. The molecule has 1 atom stereocenters. The van der Waals surface area contributed by atoms with E-state index < -0.39 is 13.0 Å². The van der Waals surface area contributed by atoms with Gasteiger partial charge in [-0.25, -0.2) is 8.78 Å². The molecule has 0 fully saturated rings. The van der Waals surface area contributed by atoms with E-state index in [1.54, 1.807) is 0 Å². The van der Waals surface area contributed by atoms with Crippen LogP contribution in [0.25, 0.3) is 0 Å². The third-order valence-electron chi connectivity index (χ3n) is 2.80. The predicted octanol–water partition coefficient (Wildman–Crippen LogP) is 3.78. The molecule has 1 aromatic carbocycles. The summed E-state index contributed by atoms with van der Waals surface area (Å²) in [5.74, 6) is 0.792. The third kappa shape index (κ3) is 5.73. The standard InChI is InChI=1S/C14H20BrF2NO2/c1-3-20-13-5-4-10(8-11(13)15)12(18-2)6-7-19-9-14(16)17/h4-5,8,12,14,18H,3,6-7,9H2,1-2H3. The van der Waals surface area contributed by atoms with Crippen molar-refractivity contribution in [1.29, 1.82) is 0 Å². The Kier molecular flexibility index (Phi) is 8.02. The highest BCUT2D eigenvalue weighted by molar-refractivity contribution is 9.10. The molecule has 0 aliphatic rings. The van der Waals surface area contributed by atoms with E-state index in [0.29, 0.717) is 19.6 Å². The summed E-state index contributed by atoms with van der Waals surface area (Å²) in [7, 11) is 1.84. The lowest BCUT2D eigenvalue weighted by Gasteiger charge is -2.18. The van der Waals surface area contributed by atoms with Gasteiger partial charge in [-0.3, -0.25) is 0 Å². The molecular formula is C14H20BrF2NO2. The van der Waals surface area contributed by atoms with E-state index >= 15 is 0 Å². The van der Waals surface area contributed by atoms with Gasteiger partial charge in [0.05, 0.1) is 11.1 Å². The SMILES string of the molecule is CCOc1ccc(C(CCOCC(F)F)NC)cc1Br. The number of hydrogen-bond donors (Lipinski definition) is 1. The van der Waals surface area contributed by atoms with Crippen LogP contribution in [0.1, 0.15) is 24.9 Å². The van der Waals surface area contributed by atoms with Gasteiger partial charge in [0.15, 0.2) is 0 Å². The van der Waals surface area contributed by atoms with Crippen molar-refractivity contribution < 1.29 is 18.3 Å². The van der Waals surface area contributed by atoms with Crippen LogP contribution in [0.3, 0.4) is 0 Å². The van der Waals surface area contributed by atoms with Crippen LogP contribution in [-0.2, 0) is 4.74 Å². The van der Waals surface area contributed by atoms with Crippen molar-refractivity contribution in [3.8, 4) is 5.75 Å². The summed E-state index contributed by atoms with van der Waals surface area (Å²) in [5.41, 5.74) is 1.06. The first kappa shape index (κ1) is 17.3. The Morgan fingerprint density at radius 3 is 2.65 bits per heavy atom. The van der Waals surface area contributed by atoms with E-state index in [1.807, 2.05) is 32.2 Å². The van der Waals surface area contributed by atoms with Gasteiger partial charge >= 0.3 is 0 Å². The normalized spacial score (nSPS) is 12.7. The zero-order valence-electron chi connectivity index (χ0n) is 11.7. The molecule has 20 heavy (non-hydrogen) atoms. The number of alkyl halides is 2. The van der Waals surface area contributed by atoms with Gasteiger partial charge in [0.25, 0.3) is 6.43 Å². The molecule has 0 aliphatic carbocycles. The van der Waals surface area contributed by atoms with Crippen LogP contribution >= 0.6 is 15.9 Å². The molecule has 0 aromatic heterocycles. The van der Waals surface area contributed by atoms with Gasteiger partial charge in [0.2, 0.25) is 0 Å². The molecule has 0 bridgehead atoms. The largest absolute Gasteiger partial charge is 0.493 e. The first-order valence-corrected chi connectivity index (χ1v) is 7.33. The van der Waals surface area contributed by atoms with Gasteiger partial charge < -0.3 is 14.8 Å². The number of benzene rings is 1. The predicted molar refractivity (Wildman–Crippen MR) is 78.6 cm³/mol. The van der Waals surface area contributed by atoms with Crippen LogP contribution in [-0.4, -0.2) is 33.3 Å². The van der Waals surface area contributed by atoms with Crippen molar-refractivity contribution in [3.05, 3.63) is 28.2 Å². The molecule has 1 unspecified atom stereocenters. The minimum atomic E-state index is -2.41. The van der Waals surface area contributed by atoms with Crippen LogP contribution in [0, 0.1) is 0 Å². The fourth-order valence-corrected chi connectivity index (χ4v) is 2.37. The Morgan fingerprint density at radius 2 is 2.10 bits per heavy atom. The van der Waals surface area contributed by atoms with Crippen LogP contribution in [0.4, 0.5) is 8.78 Å². The average Bonchev–Trinajstić information content (AvgIpc) is 2.41. The first-order valence-electron chi connectivity index (χ1n) is 6.53. The Labute approximate surface area is 126 Å². The summed E-state index contributed by atoms with van der Waals surface area (Å²) in [4.78, 5) is 0. The van der Waals surface area contributed by atoms with Crippen LogP contribution in [0.2, 0.25) is 0 Å². The summed E-state index contributed by atoms with van der Waals surface area (Å²) in [5, 5.41) is 3.16. The molecule has 0 heterocycles.